The number of nitrogens with one attached hydrogen (secondary N) is 1. The molecule has 1 aliphatic carbocycles. The van der Waals surface area contributed by atoms with E-state index in [1.165, 1.54) is 0 Å². The maximum Gasteiger partial charge on any atom is 0.231 e. The Morgan fingerprint density at radius 3 is 2.82 bits per heavy atom. The van der Waals surface area contributed by atoms with E-state index in [9.17, 15) is 4.79 Å². The van der Waals surface area contributed by atoms with Crippen molar-refractivity contribution in [2.24, 2.45) is 0 Å². The molecule has 3 nitrogen and oxygen atoms in total. The van der Waals surface area contributed by atoms with Crippen molar-refractivity contribution < 1.29 is 9.53 Å². The number of benzene rings is 1. The van der Waals surface area contributed by atoms with Crippen LogP contribution in [0.15, 0.2) is 36.9 Å². The summed E-state index contributed by atoms with van der Waals surface area (Å²) in [5.41, 5.74) is 0.611. The molecule has 0 aliphatic heterocycles. The minimum atomic E-state index is -0.379. The average Bonchev–Trinajstić information content (AvgIpc) is 3.17. The number of hydrogen-bond acceptors (Lipinski definition) is 2. The molecule has 0 radical (unpaired) electrons. The normalized spacial score (nSPS) is 16.1. The lowest BCUT2D eigenvalue weighted by Crippen LogP contribution is -2.34. The SMILES string of the molecule is C=CCNC(=O)C1(c2ccccc2OC)CC1. The van der Waals surface area contributed by atoms with Gasteiger partial charge in [0.25, 0.3) is 0 Å². The lowest BCUT2D eigenvalue weighted by molar-refractivity contribution is -0.123. The molecule has 1 aromatic carbocycles. The van der Waals surface area contributed by atoms with E-state index in [4.69, 9.17) is 4.74 Å². The summed E-state index contributed by atoms with van der Waals surface area (Å²) < 4.78 is 5.33. The second-order valence-electron chi connectivity index (χ2n) is 4.28. The molecular weight excluding hydrogens is 214 g/mol. The highest BCUT2D eigenvalue weighted by Gasteiger charge is 2.52. The van der Waals surface area contributed by atoms with Crippen LogP contribution in [0.1, 0.15) is 18.4 Å². The molecule has 1 saturated carbocycles. The van der Waals surface area contributed by atoms with Crippen molar-refractivity contribution in [3.8, 4) is 5.75 Å². The Morgan fingerprint density at radius 2 is 2.24 bits per heavy atom. The molecule has 0 bridgehead atoms. The van der Waals surface area contributed by atoms with Gasteiger partial charge in [-0.2, -0.15) is 0 Å². The van der Waals surface area contributed by atoms with Crippen molar-refractivity contribution in [3.05, 3.63) is 42.5 Å². The first kappa shape index (κ1) is 11.7. The minimum absolute atomic E-state index is 0.0712. The van der Waals surface area contributed by atoms with E-state index in [1.54, 1.807) is 13.2 Å². The van der Waals surface area contributed by atoms with Gasteiger partial charge in [0.1, 0.15) is 5.75 Å². The van der Waals surface area contributed by atoms with Crippen LogP contribution >= 0.6 is 0 Å². The van der Waals surface area contributed by atoms with Crippen LogP contribution in [0.25, 0.3) is 0 Å². The van der Waals surface area contributed by atoms with Crippen LogP contribution < -0.4 is 10.1 Å². The molecule has 1 aliphatic rings. The first-order chi connectivity index (χ1) is 8.24. The first-order valence-electron chi connectivity index (χ1n) is 5.77. The van der Waals surface area contributed by atoms with Gasteiger partial charge >= 0.3 is 0 Å². The maximum atomic E-state index is 12.1. The second kappa shape index (κ2) is 4.62. The summed E-state index contributed by atoms with van der Waals surface area (Å²) in [7, 11) is 1.64. The van der Waals surface area contributed by atoms with Crippen LogP contribution in [0.4, 0.5) is 0 Å². The second-order valence-corrected chi connectivity index (χ2v) is 4.28. The fraction of sp³-hybridized carbons (Fsp3) is 0.357. The van der Waals surface area contributed by atoms with Gasteiger partial charge in [-0.1, -0.05) is 24.3 Å². The zero-order chi connectivity index (χ0) is 12.3. The van der Waals surface area contributed by atoms with Gasteiger partial charge in [-0.15, -0.1) is 6.58 Å². The minimum Gasteiger partial charge on any atom is -0.496 e. The Bertz CT molecular complexity index is 436. The zero-order valence-corrected chi connectivity index (χ0v) is 10.0. The number of para-hydroxylation sites is 1. The van der Waals surface area contributed by atoms with Crippen LogP contribution in [-0.4, -0.2) is 19.6 Å². The van der Waals surface area contributed by atoms with Crippen molar-refractivity contribution in [2.75, 3.05) is 13.7 Å². The van der Waals surface area contributed by atoms with Gasteiger partial charge in [0, 0.05) is 12.1 Å². The predicted octanol–water partition coefficient (Wildman–Crippen LogP) is 2.03. The van der Waals surface area contributed by atoms with E-state index >= 15 is 0 Å². The molecule has 17 heavy (non-hydrogen) atoms. The monoisotopic (exact) mass is 231 g/mol. The molecule has 0 aromatic heterocycles. The van der Waals surface area contributed by atoms with E-state index in [0.29, 0.717) is 6.54 Å². The molecular formula is C14H17NO2. The van der Waals surface area contributed by atoms with Gasteiger partial charge in [0.2, 0.25) is 5.91 Å². The number of carbonyl (C=O) groups is 1. The molecule has 1 fully saturated rings. The van der Waals surface area contributed by atoms with E-state index in [2.05, 4.69) is 11.9 Å². The van der Waals surface area contributed by atoms with E-state index < -0.39 is 0 Å². The fourth-order valence-electron chi connectivity index (χ4n) is 2.12. The highest BCUT2D eigenvalue weighted by atomic mass is 16.5. The lowest BCUT2D eigenvalue weighted by atomic mass is 9.94. The Kier molecular flexibility index (Phi) is 3.18. The maximum absolute atomic E-state index is 12.1. The van der Waals surface area contributed by atoms with Gasteiger partial charge in [-0.25, -0.2) is 0 Å². The third kappa shape index (κ3) is 2.05. The number of rotatable bonds is 5. The molecule has 1 aromatic rings. The Balaban J connectivity index is 2.26. The Morgan fingerprint density at radius 1 is 1.53 bits per heavy atom. The van der Waals surface area contributed by atoms with Crippen molar-refractivity contribution in [2.45, 2.75) is 18.3 Å². The summed E-state index contributed by atoms with van der Waals surface area (Å²) in [6, 6.07) is 7.73. The van der Waals surface area contributed by atoms with Crippen LogP contribution in [0.3, 0.4) is 0 Å². The molecule has 1 amide bonds. The number of hydrogen-bond donors (Lipinski definition) is 1. The van der Waals surface area contributed by atoms with Crippen LogP contribution in [0.5, 0.6) is 5.75 Å². The molecule has 3 heteroatoms. The number of amides is 1. The highest BCUT2D eigenvalue weighted by molar-refractivity contribution is 5.92. The number of carbonyl (C=O) groups excluding carboxylic acids is 1. The zero-order valence-electron chi connectivity index (χ0n) is 10.0. The quantitative estimate of drug-likeness (QED) is 0.787. The van der Waals surface area contributed by atoms with Crippen molar-refractivity contribution in [1.29, 1.82) is 0 Å². The summed E-state index contributed by atoms with van der Waals surface area (Å²) in [5, 5.41) is 2.87. The summed E-state index contributed by atoms with van der Waals surface area (Å²) >= 11 is 0. The van der Waals surface area contributed by atoms with Gasteiger partial charge in [0.15, 0.2) is 0 Å². The molecule has 2 rings (SSSR count). The van der Waals surface area contributed by atoms with Crippen molar-refractivity contribution in [1.82, 2.24) is 5.32 Å². The smallest absolute Gasteiger partial charge is 0.231 e. The predicted molar refractivity (Wildman–Crippen MR) is 67.1 cm³/mol. The summed E-state index contributed by atoms with van der Waals surface area (Å²) in [5.74, 6) is 0.862. The third-order valence-corrected chi connectivity index (χ3v) is 3.21. The molecule has 0 heterocycles. The van der Waals surface area contributed by atoms with Crippen molar-refractivity contribution in [3.63, 3.8) is 0 Å². The van der Waals surface area contributed by atoms with Crippen LogP contribution in [-0.2, 0) is 10.2 Å². The van der Waals surface area contributed by atoms with E-state index in [0.717, 1.165) is 24.2 Å². The number of ether oxygens (including phenoxy) is 1. The number of methoxy groups -OCH3 is 1. The Labute approximate surface area is 101 Å². The third-order valence-electron chi connectivity index (χ3n) is 3.21. The highest BCUT2D eigenvalue weighted by Crippen LogP contribution is 2.51. The first-order valence-corrected chi connectivity index (χ1v) is 5.77. The van der Waals surface area contributed by atoms with Crippen LogP contribution in [0.2, 0.25) is 0 Å². The van der Waals surface area contributed by atoms with E-state index in [1.807, 2.05) is 24.3 Å². The molecule has 0 unspecified atom stereocenters. The van der Waals surface area contributed by atoms with Crippen LogP contribution in [0, 0.1) is 0 Å². The van der Waals surface area contributed by atoms with Gasteiger partial charge in [0.05, 0.1) is 12.5 Å². The van der Waals surface area contributed by atoms with Crippen molar-refractivity contribution >= 4 is 5.91 Å². The molecule has 1 N–H and O–H groups in total. The van der Waals surface area contributed by atoms with Gasteiger partial charge < -0.3 is 10.1 Å². The molecule has 0 spiro atoms. The Hall–Kier alpha value is -1.77. The standard InChI is InChI=1S/C14H17NO2/c1-3-10-15-13(16)14(8-9-14)11-6-4-5-7-12(11)17-2/h3-7H,1,8-10H2,2H3,(H,15,16). The topological polar surface area (TPSA) is 38.3 Å². The largest absolute Gasteiger partial charge is 0.496 e. The molecule has 0 atom stereocenters. The molecule has 90 valence electrons. The summed E-state index contributed by atoms with van der Waals surface area (Å²) in [6.07, 6.45) is 3.46. The summed E-state index contributed by atoms with van der Waals surface area (Å²) in [4.78, 5) is 12.1. The average molecular weight is 231 g/mol. The summed E-state index contributed by atoms with van der Waals surface area (Å²) in [6.45, 7) is 4.11. The van der Waals surface area contributed by atoms with Gasteiger partial charge in [-0.05, 0) is 18.9 Å². The molecule has 0 saturated heterocycles. The van der Waals surface area contributed by atoms with Gasteiger partial charge in [-0.3, -0.25) is 4.79 Å². The fourth-order valence-corrected chi connectivity index (χ4v) is 2.12. The lowest BCUT2D eigenvalue weighted by Gasteiger charge is -2.17. The van der Waals surface area contributed by atoms with E-state index in [-0.39, 0.29) is 11.3 Å².